The van der Waals surface area contributed by atoms with Crippen molar-refractivity contribution >= 4 is 11.6 Å². The van der Waals surface area contributed by atoms with Crippen LogP contribution >= 0.6 is 0 Å². The monoisotopic (exact) mass is 368 g/mol. The summed E-state index contributed by atoms with van der Waals surface area (Å²) in [5.41, 5.74) is 4.45. The van der Waals surface area contributed by atoms with Crippen molar-refractivity contribution in [2.45, 2.75) is 25.8 Å². The van der Waals surface area contributed by atoms with Gasteiger partial charge in [-0.15, -0.1) is 0 Å². The number of hydrogen-bond donors (Lipinski definition) is 1. The van der Waals surface area contributed by atoms with Crippen molar-refractivity contribution in [3.05, 3.63) is 47.0 Å². The number of ether oxygens (including phenoxy) is 3. The van der Waals surface area contributed by atoms with Gasteiger partial charge in [0.15, 0.2) is 11.5 Å². The molecular formula is C21H24N2O4. The molecule has 6 heteroatoms. The van der Waals surface area contributed by atoms with Gasteiger partial charge in [-0.05, 0) is 49.2 Å². The van der Waals surface area contributed by atoms with Crippen LogP contribution in [0.4, 0.5) is 5.69 Å². The van der Waals surface area contributed by atoms with Crippen LogP contribution < -0.4 is 19.5 Å². The highest BCUT2D eigenvalue weighted by molar-refractivity contribution is 5.88. The SMILES string of the molecule is COc1c2c(cc3c1C(Cc1ccc(NC(C)=O)cc1)N(C)CC3)OCO2. The maximum absolute atomic E-state index is 11.2. The number of carbonyl (C=O) groups is 1. The zero-order valence-electron chi connectivity index (χ0n) is 15.9. The van der Waals surface area contributed by atoms with Gasteiger partial charge >= 0.3 is 0 Å². The first-order valence-electron chi connectivity index (χ1n) is 9.13. The molecule has 1 amide bonds. The fourth-order valence-corrected chi connectivity index (χ4v) is 3.93. The number of amides is 1. The molecule has 0 aliphatic carbocycles. The maximum atomic E-state index is 11.2. The Morgan fingerprint density at radius 1 is 1.30 bits per heavy atom. The summed E-state index contributed by atoms with van der Waals surface area (Å²) in [6.07, 6.45) is 1.80. The molecule has 2 heterocycles. The van der Waals surface area contributed by atoms with E-state index >= 15 is 0 Å². The molecule has 0 spiro atoms. The van der Waals surface area contributed by atoms with E-state index in [-0.39, 0.29) is 18.7 Å². The Morgan fingerprint density at radius 3 is 2.78 bits per heavy atom. The smallest absolute Gasteiger partial charge is 0.231 e. The summed E-state index contributed by atoms with van der Waals surface area (Å²) in [4.78, 5) is 13.6. The van der Waals surface area contributed by atoms with Crippen LogP contribution in [-0.4, -0.2) is 38.3 Å². The van der Waals surface area contributed by atoms with E-state index in [2.05, 4.69) is 35.5 Å². The fraction of sp³-hybridized carbons (Fsp3) is 0.381. The second kappa shape index (κ2) is 7.12. The summed E-state index contributed by atoms with van der Waals surface area (Å²) in [6.45, 7) is 2.72. The summed E-state index contributed by atoms with van der Waals surface area (Å²) in [5.74, 6) is 2.20. The Hall–Kier alpha value is -2.73. The van der Waals surface area contributed by atoms with Crippen LogP contribution in [0.2, 0.25) is 0 Å². The van der Waals surface area contributed by atoms with Crippen LogP contribution in [0.25, 0.3) is 0 Å². The van der Waals surface area contributed by atoms with Gasteiger partial charge in [-0.2, -0.15) is 0 Å². The van der Waals surface area contributed by atoms with Gasteiger partial charge < -0.3 is 19.5 Å². The summed E-state index contributed by atoms with van der Waals surface area (Å²) < 4.78 is 17.0. The number of anilines is 1. The first kappa shape index (κ1) is 17.7. The van der Waals surface area contributed by atoms with E-state index in [4.69, 9.17) is 14.2 Å². The number of hydrogen-bond acceptors (Lipinski definition) is 5. The molecule has 2 aromatic carbocycles. The molecule has 2 aliphatic heterocycles. The average Bonchev–Trinajstić information content (AvgIpc) is 3.11. The van der Waals surface area contributed by atoms with Gasteiger partial charge in [-0.3, -0.25) is 9.69 Å². The van der Waals surface area contributed by atoms with E-state index in [1.54, 1.807) is 7.11 Å². The second-order valence-corrected chi connectivity index (χ2v) is 7.05. The lowest BCUT2D eigenvalue weighted by Crippen LogP contribution is -2.33. The highest BCUT2D eigenvalue weighted by Gasteiger charge is 2.33. The molecule has 1 atom stereocenters. The molecule has 0 aromatic heterocycles. The predicted molar refractivity (Wildman–Crippen MR) is 103 cm³/mol. The molecule has 4 rings (SSSR count). The zero-order chi connectivity index (χ0) is 19.0. The third-order valence-corrected chi connectivity index (χ3v) is 5.25. The van der Waals surface area contributed by atoms with Crippen LogP contribution in [-0.2, 0) is 17.6 Å². The van der Waals surface area contributed by atoms with E-state index < -0.39 is 0 Å². The van der Waals surface area contributed by atoms with Crippen molar-refractivity contribution in [2.75, 3.05) is 32.8 Å². The Balaban J connectivity index is 1.67. The molecular weight excluding hydrogens is 344 g/mol. The number of methoxy groups -OCH3 is 1. The highest BCUT2D eigenvalue weighted by atomic mass is 16.7. The topological polar surface area (TPSA) is 60.0 Å². The lowest BCUT2D eigenvalue weighted by atomic mass is 9.87. The van der Waals surface area contributed by atoms with Crippen LogP contribution in [0.5, 0.6) is 17.2 Å². The Morgan fingerprint density at radius 2 is 2.07 bits per heavy atom. The van der Waals surface area contributed by atoms with E-state index in [9.17, 15) is 4.79 Å². The quantitative estimate of drug-likeness (QED) is 0.898. The van der Waals surface area contributed by atoms with Crippen LogP contribution in [0, 0.1) is 0 Å². The largest absolute Gasteiger partial charge is 0.492 e. The summed E-state index contributed by atoms with van der Waals surface area (Å²) in [5, 5.41) is 2.81. The number of likely N-dealkylation sites (N-methyl/N-ethyl adjacent to an activating group) is 1. The average molecular weight is 368 g/mol. The third-order valence-electron chi connectivity index (χ3n) is 5.25. The van der Waals surface area contributed by atoms with Crippen LogP contribution in [0.3, 0.4) is 0 Å². The number of benzene rings is 2. The minimum atomic E-state index is -0.0653. The number of rotatable bonds is 4. The molecule has 2 aliphatic rings. The normalized spacial score (nSPS) is 18.1. The standard InChI is InChI=1S/C21H24N2O4/c1-13(24)22-16-6-4-14(5-7-16)10-17-19-15(8-9-23(17)2)11-18-20(21(19)25-3)27-12-26-18/h4-7,11,17H,8-10,12H2,1-3H3,(H,22,24). The van der Waals surface area contributed by atoms with E-state index in [0.29, 0.717) is 5.75 Å². The molecule has 0 saturated heterocycles. The molecule has 27 heavy (non-hydrogen) atoms. The Labute approximate surface area is 159 Å². The maximum Gasteiger partial charge on any atom is 0.231 e. The first-order chi connectivity index (χ1) is 13.1. The van der Waals surface area contributed by atoms with Crippen molar-refractivity contribution in [1.29, 1.82) is 0 Å². The zero-order valence-corrected chi connectivity index (χ0v) is 15.9. The predicted octanol–water partition coefficient (Wildman–Crippen LogP) is 3.15. The summed E-state index contributed by atoms with van der Waals surface area (Å²) in [6, 6.07) is 10.3. The van der Waals surface area contributed by atoms with Crippen molar-refractivity contribution in [2.24, 2.45) is 0 Å². The van der Waals surface area contributed by atoms with Crippen LogP contribution in [0.1, 0.15) is 29.7 Å². The fourth-order valence-electron chi connectivity index (χ4n) is 3.93. The van der Waals surface area contributed by atoms with Gasteiger partial charge in [0, 0.05) is 30.8 Å². The Bertz CT molecular complexity index is 863. The molecule has 0 fully saturated rings. The molecule has 0 radical (unpaired) electrons. The number of nitrogens with one attached hydrogen (secondary N) is 1. The highest BCUT2D eigenvalue weighted by Crippen LogP contribution is 2.49. The minimum Gasteiger partial charge on any atom is -0.492 e. The molecule has 0 saturated carbocycles. The third kappa shape index (κ3) is 3.32. The van der Waals surface area contributed by atoms with Crippen molar-refractivity contribution in [1.82, 2.24) is 4.90 Å². The van der Waals surface area contributed by atoms with Crippen molar-refractivity contribution in [3.8, 4) is 17.2 Å². The molecule has 0 bridgehead atoms. The van der Waals surface area contributed by atoms with Gasteiger partial charge in [-0.1, -0.05) is 12.1 Å². The van der Waals surface area contributed by atoms with E-state index in [1.807, 2.05) is 12.1 Å². The lowest BCUT2D eigenvalue weighted by Gasteiger charge is -2.36. The molecule has 1 N–H and O–H groups in total. The molecule has 142 valence electrons. The van der Waals surface area contributed by atoms with Gasteiger partial charge in [0.1, 0.15) is 0 Å². The van der Waals surface area contributed by atoms with E-state index in [0.717, 1.165) is 36.6 Å². The first-order valence-corrected chi connectivity index (χ1v) is 9.13. The summed E-state index contributed by atoms with van der Waals surface area (Å²) in [7, 11) is 3.83. The van der Waals surface area contributed by atoms with Gasteiger partial charge in [0.25, 0.3) is 0 Å². The van der Waals surface area contributed by atoms with Gasteiger partial charge in [-0.25, -0.2) is 0 Å². The summed E-state index contributed by atoms with van der Waals surface area (Å²) >= 11 is 0. The Kier molecular flexibility index (Phi) is 4.66. The number of nitrogens with zero attached hydrogens (tertiary/aromatic N) is 1. The molecule has 1 unspecified atom stereocenters. The second-order valence-electron chi connectivity index (χ2n) is 7.05. The van der Waals surface area contributed by atoms with Crippen LogP contribution in [0.15, 0.2) is 30.3 Å². The number of carbonyl (C=O) groups excluding carboxylic acids is 1. The number of fused-ring (bicyclic) bond motifs is 2. The minimum absolute atomic E-state index is 0.0653. The van der Waals surface area contributed by atoms with Crippen molar-refractivity contribution < 1.29 is 19.0 Å². The van der Waals surface area contributed by atoms with Gasteiger partial charge in [0.2, 0.25) is 18.4 Å². The molecule has 6 nitrogen and oxygen atoms in total. The lowest BCUT2D eigenvalue weighted by molar-refractivity contribution is -0.114. The van der Waals surface area contributed by atoms with Gasteiger partial charge in [0.05, 0.1) is 7.11 Å². The van der Waals surface area contributed by atoms with E-state index in [1.165, 1.54) is 23.6 Å². The molecule has 2 aromatic rings. The van der Waals surface area contributed by atoms with Crippen molar-refractivity contribution in [3.63, 3.8) is 0 Å².